The summed E-state index contributed by atoms with van der Waals surface area (Å²) in [6, 6.07) is 1.89. The van der Waals surface area contributed by atoms with Gasteiger partial charge in [0, 0.05) is 13.6 Å². The lowest BCUT2D eigenvalue weighted by Gasteiger charge is -2.07. The van der Waals surface area contributed by atoms with Gasteiger partial charge in [0.25, 0.3) is 0 Å². The van der Waals surface area contributed by atoms with Crippen LogP contribution >= 0.6 is 0 Å². The molecule has 0 aliphatic carbocycles. The molecule has 0 aliphatic rings. The molecule has 1 unspecified atom stereocenters. The zero-order valence-electron chi connectivity index (χ0n) is 11.1. The van der Waals surface area contributed by atoms with Crippen LogP contribution in [0.1, 0.15) is 19.0 Å². The van der Waals surface area contributed by atoms with Crippen LogP contribution in [-0.4, -0.2) is 41.1 Å². The van der Waals surface area contributed by atoms with Crippen molar-refractivity contribution in [2.45, 2.75) is 26.8 Å². The highest BCUT2D eigenvalue weighted by atomic mass is 16.4. The summed E-state index contributed by atoms with van der Waals surface area (Å²) in [7, 11) is 1.82. The Kier molecular flexibility index (Phi) is 3.59. The van der Waals surface area contributed by atoms with Crippen molar-refractivity contribution in [3.8, 4) is 11.5 Å². The molecule has 0 aliphatic heterocycles. The van der Waals surface area contributed by atoms with Crippen molar-refractivity contribution in [3.05, 3.63) is 11.8 Å². The maximum atomic E-state index is 10.8. The Balaban J connectivity index is 2.18. The number of tetrazole rings is 1. The predicted molar refractivity (Wildman–Crippen MR) is 66.2 cm³/mol. The van der Waals surface area contributed by atoms with E-state index in [1.54, 1.807) is 16.3 Å². The maximum absolute atomic E-state index is 10.8. The molecule has 0 saturated heterocycles. The first kappa shape index (κ1) is 13.2. The van der Waals surface area contributed by atoms with Crippen molar-refractivity contribution in [1.29, 1.82) is 0 Å². The molecule has 1 atom stereocenters. The van der Waals surface area contributed by atoms with Crippen LogP contribution in [0.2, 0.25) is 0 Å². The van der Waals surface area contributed by atoms with Crippen molar-refractivity contribution in [2.24, 2.45) is 13.0 Å². The summed E-state index contributed by atoms with van der Waals surface area (Å²) in [6.07, 6.45) is 0.476. The topological polar surface area (TPSA) is 98.7 Å². The average molecular weight is 264 g/mol. The van der Waals surface area contributed by atoms with Gasteiger partial charge in [0.15, 0.2) is 5.82 Å². The van der Waals surface area contributed by atoms with E-state index in [4.69, 9.17) is 5.11 Å². The molecule has 1 N–H and O–H groups in total. The molecule has 2 rings (SSSR count). The lowest BCUT2D eigenvalue weighted by molar-refractivity contribution is -0.141. The number of carbonyl (C=O) groups is 1. The number of aryl methyl sites for hydroxylation is 3. The third kappa shape index (κ3) is 2.78. The Morgan fingerprint density at radius 2 is 2.26 bits per heavy atom. The van der Waals surface area contributed by atoms with Crippen LogP contribution in [0.5, 0.6) is 0 Å². The molecule has 0 radical (unpaired) electrons. The minimum atomic E-state index is -0.814. The fourth-order valence-corrected chi connectivity index (χ4v) is 1.80. The fraction of sp³-hybridized carbons (Fsp3) is 0.545. The summed E-state index contributed by atoms with van der Waals surface area (Å²) in [4.78, 5) is 10.8. The summed E-state index contributed by atoms with van der Waals surface area (Å²) in [5, 5.41) is 24.6. The van der Waals surface area contributed by atoms with Gasteiger partial charge in [0.05, 0.1) is 11.6 Å². The third-order valence-corrected chi connectivity index (χ3v) is 2.96. The highest BCUT2D eigenvalue weighted by Gasteiger charge is 2.16. The number of carboxylic acid groups (broad SMARTS) is 1. The third-order valence-electron chi connectivity index (χ3n) is 2.96. The summed E-state index contributed by atoms with van der Waals surface area (Å²) in [5.74, 6) is -0.642. The SMILES string of the molecule is Cc1cc(-c2nnnn2CCC(C)C(=O)O)n(C)n1. The van der Waals surface area contributed by atoms with Crippen LogP contribution in [0.15, 0.2) is 6.07 Å². The second kappa shape index (κ2) is 5.17. The number of carboxylic acids is 1. The first-order valence-electron chi connectivity index (χ1n) is 5.99. The van der Waals surface area contributed by atoms with Gasteiger partial charge in [-0.15, -0.1) is 5.10 Å². The molecule has 102 valence electrons. The lowest BCUT2D eigenvalue weighted by atomic mass is 10.1. The van der Waals surface area contributed by atoms with Crippen LogP contribution in [0.3, 0.4) is 0 Å². The number of aromatic nitrogens is 6. The highest BCUT2D eigenvalue weighted by Crippen LogP contribution is 2.17. The molecule has 2 aromatic heterocycles. The molecule has 0 amide bonds. The molecular weight excluding hydrogens is 248 g/mol. The standard InChI is InChI=1S/C11H16N6O2/c1-7(11(18)19)4-5-17-10(12-14-15-17)9-6-8(2)13-16(9)3/h6-7H,4-5H2,1-3H3,(H,18,19). The van der Waals surface area contributed by atoms with Crippen molar-refractivity contribution < 1.29 is 9.90 Å². The molecule has 0 fully saturated rings. The number of hydrogen-bond donors (Lipinski definition) is 1. The van der Waals surface area contributed by atoms with Crippen molar-refractivity contribution in [2.75, 3.05) is 0 Å². The average Bonchev–Trinajstić information content (AvgIpc) is 2.91. The molecule has 0 aromatic carbocycles. The second-order valence-corrected chi connectivity index (χ2v) is 4.55. The van der Waals surface area contributed by atoms with E-state index < -0.39 is 11.9 Å². The summed E-state index contributed by atoms with van der Waals surface area (Å²) < 4.78 is 3.31. The Morgan fingerprint density at radius 1 is 1.53 bits per heavy atom. The van der Waals surface area contributed by atoms with E-state index >= 15 is 0 Å². The zero-order chi connectivity index (χ0) is 14.0. The minimum absolute atomic E-state index is 0.426. The van der Waals surface area contributed by atoms with Gasteiger partial charge >= 0.3 is 5.97 Å². The predicted octanol–water partition coefficient (Wildman–Crippen LogP) is 0.493. The maximum Gasteiger partial charge on any atom is 0.306 e. The Morgan fingerprint density at radius 3 is 2.84 bits per heavy atom. The lowest BCUT2D eigenvalue weighted by Crippen LogP contribution is -2.14. The molecule has 8 nitrogen and oxygen atoms in total. The molecule has 0 spiro atoms. The molecule has 8 heteroatoms. The van der Waals surface area contributed by atoms with E-state index in [1.807, 2.05) is 20.0 Å². The van der Waals surface area contributed by atoms with Gasteiger partial charge in [-0.1, -0.05) is 6.92 Å². The van der Waals surface area contributed by atoms with Crippen LogP contribution in [0.25, 0.3) is 11.5 Å². The summed E-state index contributed by atoms with van der Waals surface area (Å²) in [5.41, 5.74) is 1.69. The quantitative estimate of drug-likeness (QED) is 0.844. The van der Waals surface area contributed by atoms with Gasteiger partial charge in [-0.3, -0.25) is 9.48 Å². The zero-order valence-corrected chi connectivity index (χ0v) is 11.1. The Bertz CT molecular complexity index is 588. The van der Waals surface area contributed by atoms with Crippen LogP contribution < -0.4 is 0 Å². The Hall–Kier alpha value is -2.25. The van der Waals surface area contributed by atoms with E-state index in [-0.39, 0.29) is 0 Å². The first-order valence-corrected chi connectivity index (χ1v) is 5.99. The van der Waals surface area contributed by atoms with E-state index in [2.05, 4.69) is 20.6 Å². The van der Waals surface area contributed by atoms with Crippen molar-refractivity contribution in [3.63, 3.8) is 0 Å². The van der Waals surface area contributed by atoms with Gasteiger partial charge in [-0.2, -0.15) is 5.10 Å². The normalized spacial score (nSPS) is 12.6. The number of nitrogens with zero attached hydrogens (tertiary/aromatic N) is 6. The van der Waals surface area contributed by atoms with Gasteiger partial charge < -0.3 is 5.11 Å². The van der Waals surface area contributed by atoms with Crippen molar-refractivity contribution >= 4 is 5.97 Å². The summed E-state index contributed by atoms with van der Waals surface area (Å²) in [6.45, 7) is 4.02. The molecule has 0 saturated carbocycles. The van der Waals surface area contributed by atoms with Gasteiger partial charge in [0.1, 0.15) is 5.69 Å². The molecule has 2 heterocycles. The minimum Gasteiger partial charge on any atom is -0.481 e. The smallest absolute Gasteiger partial charge is 0.306 e. The molecule has 0 bridgehead atoms. The van der Waals surface area contributed by atoms with Crippen LogP contribution in [-0.2, 0) is 18.4 Å². The highest BCUT2D eigenvalue weighted by molar-refractivity contribution is 5.69. The number of rotatable bonds is 5. The molecular formula is C11H16N6O2. The van der Waals surface area contributed by atoms with Gasteiger partial charge in [-0.25, -0.2) is 4.68 Å². The van der Waals surface area contributed by atoms with E-state index in [0.29, 0.717) is 18.8 Å². The van der Waals surface area contributed by atoms with E-state index in [9.17, 15) is 4.79 Å². The number of hydrogen-bond acceptors (Lipinski definition) is 5. The molecule has 2 aromatic rings. The Labute approximate surface area is 110 Å². The summed E-state index contributed by atoms with van der Waals surface area (Å²) >= 11 is 0. The van der Waals surface area contributed by atoms with E-state index in [0.717, 1.165) is 11.4 Å². The van der Waals surface area contributed by atoms with Crippen LogP contribution in [0, 0.1) is 12.8 Å². The second-order valence-electron chi connectivity index (χ2n) is 4.55. The number of aliphatic carboxylic acids is 1. The van der Waals surface area contributed by atoms with Gasteiger partial charge in [0.2, 0.25) is 0 Å². The van der Waals surface area contributed by atoms with E-state index in [1.165, 1.54) is 0 Å². The first-order chi connectivity index (χ1) is 8.99. The van der Waals surface area contributed by atoms with Gasteiger partial charge in [-0.05, 0) is 29.8 Å². The van der Waals surface area contributed by atoms with Crippen LogP contribution in [0.4, 0.5) is 0 Å². The van der Waals surface area contributed by atoms with Crippen molar-refractivity contribution in [1.82, 2.24) is 30.0 Å². The molecule has 19 heavy (non-hydrogen) atoms. The largest absolute Gasteiger partial charge is 0.481 e. The monoisotopic (exact) mass is 264 g/mol. The fourth-order valence-electron chi connectivity index (χ4n) is 1.80.